The third kappa shape index (κ3) is 12.2. The smallest absolute Gasteiger partial charge is 0.120 e. The normalized spacial score (nSPS) is 10.0. The van der Waals surface area contributed by atoms with Crippen LogP contribution in [0.25, 0.3) is 0 Å². The number of rotatable bonds is 6. The molecule has 5 rings (SSSR count). The van der Waals surface area contributed by atoms with Crippen LogP contribution in [0, 0.1) is 19.1 Å². The summed E-state index contributed by atoms with van der Waals surface area (Å²) in [6.45, 7) is 1.95. The Hall–Kier alpha value is -4.26. The maximum Gasteiger partial charge on any atom is 0.120 e. The SMILES string of the molecule is COc1cc([S-])c(OC)cc1C.[Zn].[c-]1ccc(N=Nc2ccccc2)cc1.[c-]1ccc(N=Nc2ccccc2)cc1. The van der Waals surface area contributed by atoms with Gasteiger partial charge < -0.3 is 22.1 Å². The molecule has 6 nitrogen and oxygen atoms in total. The van der Waals surface area contributed by atoms with Crippen LogP contribution < -0.4 is 9.47 Å². The molecule has 0 aliphatic rings. The Morgan fingerprint density at radius 1 is 0.537 bits per heavy atom. The van der Waals surface area contributed by atoms with Crippen LogP contribution in [0.1, 0.15) is 5.56 Å². The van der Waals surface area contributed by atoms with Crippen LogP contribution in [-0.4, -0.2) is 14.2 Å². The van der Waals surface area contributed by atoms with Gasteiger partial charge in [-0.2, -0.15) is 56.9 Å². The first-order valence-corrected chi connectivity index (χ1v) is 12.8. The third-order valence-corrected chi connectivity index (χ3v) is 5.48. The van der Waals surface area contributed by atoms with E-state index in [9.17, 15) is 0 Å². The first kappa shape index (κ1) is 33.0. The first-order valence-electron chi connectivity index (χ1n) is 12.3. The minimum Gasteiger partial charge on any atom is -0.776 e. The fourth-order valence-corrected chi connectivity index (χ4v) is 3.38. The number of benzene rings is 5. The van der Waals surface area contributed by atoms with Crippen LogP contribution in [0.5, 0.6) is 11.5 Å². The van der Waals surface area contributed by atoms with Gasteiger partial charge in [-0.25, -0.2) is 0 Å². The van der Waals surface area contributed by atoms with Crippen molar-refractivity contribution in [2.24, 2.45) is 20.5 Å². The van der Waals surface area contributed by atoms with Crippen molar-refractivity contribution in [3.63, 3.8) is 0 Å². The van der Waals surface area contributed by atoms with Gasteiger partial charge in [-0.3, -0.25) is 0 Å². The van der Waals surface area contributed by atoms with E-state index >= 15 is 0 Å². The summed E-state index contributed by atoms with van der Waals surface area (Å²) in [6, 6.07) is 43.6. The standard InChI is InChI=1S/2C12H9N2.C9H12O2S.Zn/c2*1-3-7-11(8-4-1)13-14-12-9-5-2-6-10-12;1-6-4-8(11-3)9(12)5-7(6)10-2;/h2*1,3-10H;4-5,12H,1-3H3;/q2*-1;;/p-1. The van der Waals surface area contributed by atoms with Crippen molar-refractivity contribution in [3.8, 4) is 11.5 Å². The summed E-state index contributed by atoms with van der Waals surface area (Å²) in [5.74, 6) is 1.53. The monoisotopic (exact) mass is 609 g/mol. The molecule has 204 valence electrons. The summed E-state index contributed by atoms with van der Waals surface area (Å²) in [6.07, 6.45) is 0. The van der Waals surface area contributed by atoms with Crippen LogP contribution in [-0.2, 0) is 32.1 Å². The van der Waals surface area contributed by atoms with Gasteiger partial charge in [-0.05, 0) is 60.3 Å². The average molecular weight is 611 g/mol. The van der Waals surface area contributed by atoms with E-state index in [1.165, 1.54) is 0 Å². The molecule has 0 saturated carbocycles. The van der Waals surface area contributed by atoms with E-state index in [1.807, 2.05) is 122 Å². The molecule has 0 unspecified atom stereocenters. The molecular weight excluding hydrogens is 582 g/mol. The molecule has 0 aliphatic carbocycles. The summed E-state index contributed by atoms with van der Waals surface area (Å²) in [4.78, 5) is 0.681. The molecule has 5 aromatic rings. The molecule has 0 fully saturated rings. The van der Waals surface area contributed by atoms with E-state index in [-0.39, 0.29) is 19.5 Å². The van der Waals surface area contributed by atoms with E-state index in [2.05, 4.69) is 32.6 Å². The molecule has 0 atom stereocenters. The zero-order chi connectivity index (χ0) is 28.4. The first-order chi connectivity index (χ1) is 19.6. The Labute approximate surface area is 260 Å². The Morgan fingerprint density at radius 3 is 1.27 bits per heavy atom. The Bertz CT molecular complexity index is 1270. The molecule has 0 aliphatic heterocycles. The molecule has 41 heavy (non-hydrogen) atoms. The van der Waals surface area contributed by atoms with Gasteiger partial charge in [0.2, 0.25) is 0 Å². The predicted molar refractivity (Wildman–Crippen MR) is 162 cm³/mol. The van der Waals surface area contributed by atoms with E-state index < -0.39 is 0 Å². The van der Waals surface area contributed by atoms with Gasteiger partial charge in [0.15, 0.2) is 0 Å². The Morgan fingerprint density at radius 2 is 0.902 bits per heavy atom. The minimum absolute atomic E-state index is 0. The number of ether oxygens (including phenoxy) is 2. The van der Waals surface area contributed by atoms with Gasteiger partial charge in [0, 0.05) is 19.5 Å². The largest absolute Gasteiger partial charge is 0.776 e. The molecular formula is C33H29N4O2SZn-3. The minimum atomic E-state index is 0. The van der Waals surface area contributed by atoms with Gasteiger partial charge >= 0.3 is 0 Å². The molecule has 0 radical (unpaired) electrons. The number of hydrogen-bond acceptors (Lipinski definition) is 7. The van der Waals surface area contributed by atoms with Gasteiger partial charge in [-0.1, -0.05) is 36.4 Å². The second-order valence-electron chi connectivity index (χ2n) is 8.06. The van der Waals surface area contributed by atoms with Crippen molar-refractivity contribution in [2.75, 3.05) is 14.2 Å². The molecule has 0 N–H and O–H groups in total. The zero-order valence-electron chi connectivity index (χ0n) is 23.3. The van der Waals surface area contributed by atoms with Gasteiger partial charge in [0.1, 0.15) is 5.75 Å². The van der Waals surface area contributed by atoms with Crippen LogP contribution in [0.15, 0.2) is 147 Å². The van der Waals surface area contributed by atoms with Crippen molar-refractivity contribution in [1.29, 1.82) is 0 Å². The average Bonchev–Trinajstić information content (AvgIpc) is 3.02. The Kier molecular flexibility index (Phi) is 15.2. The third-order valence-electron chi connectivity index (χ3n) is 5.16. The van der Waals surface area contributed by atoms with Crippen LogP contribution in [0.2, 0.25) is 0 Å². The maximum absolute atomic E-state index is 5.10. The summed E-state index contributed by atoms with van der Waals surface area (Å²) in [5, 5.41) is 16.3. The quantitative estimate of drug-likeness (QED) is 0.0832. The molecule has 0 aromatic heterocycles. The van der Waals surface area contributed by atoms with E-state index in [0.29, 0.717) is 4.90 Å². The van der Waals surface area contributed by atoms with Crippen molar-refractivity contribution >= 4 is 35.4 Å². The van der Waals surface area contributed by atoms with Gasteiger partial charge in [0.05, 0.1) is 31.3 Å². The molecule has 5 aromatic carbocycles. The summed E-state index contributed by atoms with van der Waals surface area (Å²) >= 11 is 5.06. The van der Waals surface area contributed by atoms with Crippen LogP contribution >= 0.6 is 0 Å². The molecule has 0 heterocycles. The number of nitrogens with zero attached hydrogens (tertiary/aromatic N) is 4. The van der Waals surface area contributed by atoms with Crippen LogP contribution in [0.3, 0.4) is 0 Å². The summed E-state index contributed by atoms with van der Waals surface area (Å²) < 4.78 is 10.2. The molecule has 0 amide bonds. The second kappa shape index (κ2) is 18.9. The van der Waals surface area contributed by atoms with Crippen molar-refractivity contribution in [3.05, 3.63) is 139 Å². The van der Waals surface area contributed by atoms with E-state index in [4.69, 9.17) is 22.1 Å². The molecule has 8 heteroatoms. The molecule has 0 spiro atoms. The zero-order valence-corrected chi connectivity index (χ0v) is 27.1. The number of methoxy groups -OCH3 is 2. The molecule has 0 saturated heterocycles. The van der Waals surface area contributed by atoms with E-state index in [0.717, 1.165) is 39.8 Å². The fourth-order valence-electron chi connectivity index (χ4n) is 3.13. The fraction of sp³-hybridized carbons (Fsp3) is 0.0909. The summed E-state index contributed by atoms with van der Waals surface area (Å²) in [7, 11) is 3.24. The number of aryl methyl sites for hydroxylation is 1. The van der Waals surface area contributed by atoms with E-state index in [1.54, 1.807) is 20.3 Å². The van der Waals surface area contributed by atoms with Gasteiger partial charge in [0.25, 0.3) is 0 Å². The van der Waals surface area contributed by atoms with Crippen molar-refractivity contribution in [2.45, 2.75) is 11.8 Å². The topological polar surface area (TPSA) is 67.9 Å². The number of azo groups is 2. The van der Waals surface area contributed by atoms with Crippen molar-refractivity contribution < 1.29 is 29.0 Å². The summed E-state index contributed by atoms with van der Waals surface area (Å²) in [5.41, 5.74) is 4.43. The number of hydrogen-bond donors (Lipinski definition) is 0. The predicted octanol–water partition coefficient (Wildman–Crippen LogP) is 9.72. The van der Waals surface area contributed by atoms with Gasteiger partial charge in [-0.15, -0.1) is 29.2 Å². The van der Waals surface area contributed by atoms with Crippen molar-refractivity contribution in [1.82, 2.24) is 0 Å². The maximum atomic E-state index is 5.10. The molecule has 0 bridgehead atoms. The second-order valence-corrected chi connectivity index (χ2v) is 8.50. The van der Waals surface area contributed by atoms with Crippen LogP contribution in [0.4, 0.5) is 22.7 Å². The Balaban J connectivity index is 0.000000213.